The Balaban J connectivity index is 1.95. The van der Waals surface area contributed by atoms with E-state index in [-0.39, 0.29) is 5.82 Å². The minimum absolute atomic E-state index is 0.0988. The van der Waals surface area contributed by atoms with E-state index in [1.165, 1.54) is 0 Å². The van der Waals surface area contributed by atoms with Gasteiger partial charge in [-0.05, 0) is 60.0 Å². The number of hydrogen-bond donors (Lipinski definition) is 0. The highest BCUT2D eigenvalue weighted by Crippen LogP contribution is 2.29. The number of fused-ring (bicyclic) bond motifs is 1. The molecule has 24 heavy (non-hydrogen) atoms. The summed E-state index contributed by atoms with van der Waals surface area (Å²) in [6, 6.07) is 17.7. The van der Waals surface area contributed by atoms with Crippen LogP contribution in [0.15, 0.2) is 66.7 Å². The Kier molecular flexibility index (Phi) is 4.95. The van der Waals surface area contributed by atoms with E-state index in [0.29, 0.717) is 5.39 Å². The van der Waals surface area contributed by atoms with E-state index in [1.807, 2.05) is 67.6 Å². The van der Waals surface area contributed by atoms with Crippen LogP contribution in [0.2, 0.25) is 0 Å². The van der Waals surface area contributed by atoms with Crippen LogP contribution in [0, 0.1) is 5.82 Å². The molecular weight excluding hydrogens is 299 g/mol. The molecule has 0 aliphatic heterocycles. The summed E-state index contributed by atoms with van der Waals surface area (Å²) < 4.78 is 19.9. The van der Waals surface area contributed by atoms with Gasteiger partial charge in [0.2, 0.25) is 0 Å². The van der Waals surface area contributed by atoms with Gasteiger partial charge in [0.05, 0.1) is 7.11 Å². The quantitative estimate of drug-likeness (QED) is 0.511. The van der Waals surface area contributed by atoms with E-state index in [4.69, 9.17) is 4.74 Å². The largest absolute Gasteiger partial charge is 0.497 e. The fourth-order valence-corrected chi connectivity index (χ4v) is 2.90. The van der Waals surface area contributed by atoms with Crippen molar-refractivity contribution in [3.63, 3.8) is 0 Å². The summed E-state index contributed by atoms with van der Waals surface area (Å²) in [5.41, 5.74) is 2.94. The van der Waals surface area contributed by atoms with Gasteiger partial charge >= 0.3 is 0 Å². The van der Waals surface area contributed by atoms with Gasteiger partial charge in [0.1, 0.15) is 11.6 Å². The van der Waals surface area contributed by atoms with E-state index < -0.39 is 0 Å². The predicted octanol–water partition coefficient (Wildman–Crippen LogP) is 6.16. The average molecular weight is 320 g/mol. The SMILES string of the molecule is C/C=C/CCc1ccc2cc(-c3ccc(OC)cc3)ccc2c1F. The lowest BCUT2D eigenvalue weighted by Crippen LogP contribution is -1.92. The highest BCUT2D eigenvalue weighted by molar-refractivity contribution is 5.88. The van der Waals surface area contributed by atoms with Crippen LogP contribution in [0.25, 0.3) is 21.9 Å². The molecule has 0 bridgehead atoms. The molecular formula is C22H21FO. The molecule has 122 valence electrons. The number of rotatable bonds is 5. The van der Waals surface area contributed by atoms with Crippen LogP contribution in [0.3, 0.4) is 0 Å². The molecule has 3 rings (SSSR count). The Morgan fingerprint density at radius 1 is 0.958 bits per heavy atom. The normalized spacial score (nSPS) is 11.3. The summed E-state index contributed by atoms with van der Waals surface area (Å²) in [5.74, 6) is 0.731. The van der Waals surface area contributed by atoms with Crippen molar-refractivity contribution in [3.05, 3.63) is 78.1 Å². The first-order valence-electron chi connectivity index (χ1n) is 8.19. The molecule has 0 aliphatic carbocycles. The highest BCUT2D eigenvalue weighted by Gasteiger charge is 2.08. The van der Waals surface area contributed by atoms with Crippen LogP contribution >= 0.6 is 0 Å². The number of methoxy groups -OCH3 is 1. The standard InChI is InChI=1S/C22H21FO/c1-3-4-5-6-17-7-8-19-15-18(11-14-21(19)22(17)23)16-9-12-20(24-2)13-10-16/h3-4,7-15H,5-6H2,1-2H3/b4-3+. The Labute approximate surface area is 142 Å². The number of aryl methyl sites for hydroxylation is 1. The summed E-state index contributed by atoms with van der Waals surface area (Å²) in [4.78, 5) is 0. The van der Waals surface area contributed by atoms with Crippen molar-refractivity contribution in [3.8, 4) is 16.9 Å². The topological polar surface area (TPSA) is 9.23 Å². The lowest BCUT2D eigenvalue weighted by Gasteiger charge is -2.09. The van der Waals surface area contributed by atoms with Gasteiger partial charge < -0.3 is 4.74 Å². The van der Waals surface area contributed by atoms with E-state index in [2.05, 4.69) is 6.08 Å². The number of halogens is 1. The summed E-state index contributed by atoms with van der Waals surface area (Å²) in [5, 5.41) is 1.61. The molecule has 0 aliphatic rings. The van der Waals surface area contributed by atoms with Crippen molar-refractivity contribution in [2.75, 3.05) is 7.11 Å². The molecule has 0 heterocycles. The van der Waals surface area contributed by atoms with E-state index in [9.17, 15) is 4.39 Å². The molecule has 0 spiro atoms. The first kappa shape index (κ1) is 16.3. The van der Waals surface area contributed by atoms with Crippen molar-refractivity contribution in [1.29, 1.82) is 0 Å². The van der Waals surface area contributed by atoms with Gasteiger partial charge in [0.25, 0.3) is 0 Å². The van der Waals surface area contributed by atoms with E-state index >= 15 is 0 Å². The first-order chi connectivity index (χ1) is 11.7. The zero-order chi connectivity index (χ0) is 16.9. The van der Waals surface area contributed by atoms with Crippen molar-refractivity contribution in [2.45, 2.75) is 19.8 Å². The smallest absolute Gasteiger partial charge is 0.134 e. The monoisotopic (exact) mass is 320 g/mol. The third-order valence-corrected chi connectivity index (χ3v) is 4.27. The second-order valence-electron chi connectivity index (χ2n) is 5.81. The molecule has 0 radical (unpaired) electrons. The molecule has 1 nitrogen and oxygen atoms in total. The Bertz CT molecular complexity index is 863. The molecule has 0 fully saturated rings. The van der Waals surface area contributed by atoms with Gasteiger partial charge in [-0.15, -0.1) is 0 Å². The minimum atomic E-state index is -0.0988. The molecule has 0 aromatic heterocycles. The van der Waals surface area contributed by atoms with Crippen LogP contribution in [0.5, 0.6) is 5.75 Å². The third kappa shape index (κ3) is 3.33. The van der Waals surface area contributed by atoms with Crippen LogP contribution in [-0.4, -0.2) is 7.11 Å². The molecule has 0 atom stereocenters. The van der Waals surface area contributed by atoms with E-state index in [0.717, 1.165) is 40.7 Å². The highest BCUT2D eigenvalue weighted by atomic mass is 19.1. The van der Waals surface area contributed by atoms with Crippen LogP contribution in [0.4, 0.5) is 4.39 Å². The maximum Gasteiger partial charge on any atom is 0.134 e. The number of allylic oxidation sites excluding steroid dienone is 2. The Hall–Kier alpha value is -2.61. The van der Waals surface area contributed by atoms with E-state index in [1.54, 1.807) is 7.11 Å². The second-order valence-corrected chi connectivity index (χ2v) is 5.81. The number of hydrogen-bond acceptors (Lipinski definition) is 1. The molecule has 0 unspecified atom stereocenters. The summed E-state index contributed by atoms with van der Waals surface area (Å²) >= 11 is 0. The number of ether oxygens (including phenoxy) is 1. The van der Waals surface area contributed by atoms with Gasteiger partial charge in [-0.2, -0.15) is 0 Å². The van der Waals surface area contributed by atoms with Gasteiger partial charge in [-0.3, -0.25) is 0 Å². The molecule has 0 N–H and O–H groups in total. The fourth-order valence-electron chi connectivity index (χ4n) is 2.90. The zero-order valence-electron chi connectivity index (χ0n) is 14.1. The molecule has 2 heteroatoms. The van der Waals surface area contributed by atoms with Crippen molar-refractivity contribution in [2.24, 2.45) is 0 Å². The predicted molar refractivity (Wildman–Crippen MR) is 99.0 cm³/mol. The van der Waals surface area contributed by atoms with Gasteiger partial charge in [-0.1, -0.05) is 48.6 Å². The van der Waals surface area contributed by atoms with Crippen LogP contribution in [0.1, 0.15) is 18.9 Å². The lowest BCUT2D eigenvalue weighted by atomic mass is 9.98. The molecule has 3 aromatic rings. The van der Waals surface area contributed by atoms with Gasteiger partial charge in [-0.25, -0.2) is 4.39 Å². The maximum absolute atomic E-state index is 14.7. The zero-order valence-corrected chi connectivity index (χ0v) is 14.1. The molecule has 3 aromatic carbocycles. The van der Waals surface area contributed by atoms with Crippen molar-refractivity contribution >= 4 is 10.8 Å². The lowest BCUT2D eigenvalue weighted by molar-refractivity contribution is 0.415. The summed E-state index contributed by atoms with van der Waals surface area (Å²) in [6.07, 6.45) is 5.66. The minimum Gasteiger partial charge on any atom is -0.497 e. The maximum atomic E-state index is 14.7. The Morgan fingerprint density at radius 2 is 1.71 bits per heavy atom. The second kappa shape index (κ2) is 7.31. The molecule has 0 saturated carbocycles. The van der Waals surface area contributed by atoms with Crippen LogP contribution < -0.4 is 4.74 Å². The Morgan fingerprint density at radius 3 is 2.42 bits per heavy atom. The van der Waals surface area contributed by atoms with Crippen LogP contribution in [-0.2, 0) is 6.42 Å². The first-order valence-corrected chi connectivity index (χ1v) is 8.19. The van der Waals surface area contributed by atoms with Crippen molar-refractivity contribution < 1.29 is 9.13 Å². The summed E-state index contributed by atoms with van der Waals surface area (Å²) in [7, 11) is 1.65. The van der Waals surface area contributed by atoms with Crippen molar-refractivity contribution in [1.82, 2.24) is 0 Å². The summed E-state index contributed by atoms with van der Waals surface area (Å²) in [6.45, 7) is 1.98. The molecule has 0 amide bonds. The van der Waals surface area contributed by atoms with Gasteiger partial charge in [0, 0.05) is 5.39 Å². The van der Waals surface area contributed by atoms with Gasteiger partial charge in [0.15, 0.2) is 0 Å². The third-order valence-electron chi connectivity index (χ3n) is 4.27. The average Bonchev–Trinajstić information content (AvgIpc) is 2.63. The molecule has 0 saturated heterocycles. The fraction of sp³-hybridized carbons (Fsp3) is 0.182. The number of benzene rings is 3.